The number of ether oxygens (including phenoxy) is 1. The van der Waals surface area contributed by atoms with Crippen LogP contribution in [0.25, 0.3) is 0 Å². The summed E-state index contributed by atoms with van der Waals surface area (Å²) in [5.74, 6) is 0.800. The molecule has 0 spiro atoms. The van der Waals surface area contributed by atoms with E-state index in [0.717, 1.165) is 37.1 Å². The molecule has 1 N–H and O–H groups in total. The quantitative estimate of drug-likeness (QED) is 0.345. The molecule has 0 radical (unpaired) electrons. The molecule has 0 aromatic heterocycles. The maximum Gasteiger partial charge on any atom is 0.118 e. The van der Waals surface area contributed by atoms with Crippen molar-refractivity contribution < 1.29 is 4.74 Å². The van der Waals surface area contributed by atoms with Crippen LogP contribution in [0.1, 0.15) is 67.2 Å². The normalized spacial score (nSPS) is 13.7. The summed E-state index contributed by atoms with van der Waals surface area (Å²) in [7, 11) is 0. The van der Waals surface area contributed by atoms with Gasteiger partial charge < -0.3 is 10.1 Å². The summed E-state index contributed by atoms with van der Waals surface area (Å²) in [6.07, 6.45) is 11.9. The second-order valence-electron chi connectivity index (χ2n) is 6.80. The minimum Gasteiger partial charge on any atom is -0.493 e. The molecule has 2 heteroatoms. The average molecular weight is 320 g/mol. The molecule has 0 bridgehead atoms. The molecule has 0 saturated heterocycles. The van der Waals surface area contributed by atoms with Crippen molar-refractivity contribution in [1.82, 2.24) is 5.32 Å². The topological polar surface area (TPSA) is 21.3 Å². The number of hydrogen-bond donors (Lipinski definition) is 1. The highest BCUT2D eigenvalue weighted by molar-refractivity contribution is 5.26. The molecule has 0 aliphatic heterocycles. The molecule has 0 fully saturated rings. The Balaban J connectivity index is 5.01. The first-order chi connectivity index (χ1) is 10.8. The largest absolute Gasteiger partial charge is 0.493 e. The zero-order valence-electron chi connectivity index (χ0n) is 16.2. The third kappa shape index (κ3) is 7.58. The summed E-state index contributed by atoms with van der Waals surface area (Å²) in [4.78, 5) is 0. The van der Waals surface area contributed by atoms with Gasteiger partial charge in [0.15, 0.2) is 0 Å². The van der Waals surface area contributed by atoms with Crippen molar-refractivity contribution in [1.29, 1.82) is 0 Å². The lowest BCUT2D eigenvalue weighted by Gasteiger charge is -2.30. The molecule has 2 nitrogen and oxygen atoms in total. The minimum atomic E-state index is 0.0893. The van der Waals surface area contributed by atoms with Crippen molar-refractivity contribution in [2.24, 2.45) is 5.41 Å². The summed E-state index contributed by atoms with van der Waals surface area (Å²) in [6.45, 7) is 21.8. The highest BCUT2D eigenvalue weighted by atomic mass is 16.5. The SMILES string of the molecule is C=C/C(=C\C=C(/C=C)OCC(C)(CC)CC)NC(C)(CC)CC. The van der Waals surface area contributed by atoms with E-state index >= 15 is 0 Å². The first kappa shape index (κ1) is 21.6. The van der Waals surface area contributed by atoms with Gasteiger partial charge >= 0.3 is 0 Å². The highest BCUT2D eigenvalue weighted by Gasteiger charge is 2.21. The summed E-state index contributed by atoms with van der Waals surface area (Å²) in [5, 5.41) is 3.56. The first-order valence-electron chi connectivity index (χ1n) is 8.89. The minimum absolute atomic E-state index is 0.0893. The molecular weight excluding hydrogens is 282 g/mol. The Hall–Kier alpha value is -1.44. The third-order valence-electron chi connectivity index (χ3n) is 5.15. The maximum atomic E-state index is 5.95. The Morgan fingerprint density at radius 1 is 0.913 bits per heavy atom. The maximum absolute atomic E-state index is 5.95. The second-order valence-corrected chi connectivity index (χ2v) is 6.80. The van der Waals surface area contributed by atoms with Crippen molar-refractivity contribution in [3.63, 3.8) is 0 Å². The van der Waals surface area contributed by atoms with Crippen LogP contribution in [0.2, 0.25) is 0 Å². The molecule has 0 aromatic carbocycles. The average Bonchev–Trinajstić information content (AvgIpc) is 2.60. The van der Waals surface area contributed by atoms with Crippen molar-refractivity contribution in [2.45, 2.75) is 72.8 Å². The monoisotopic (exact) mass is 319 g/mol. The molecule has 0 atom stereocenters. The Morgan fingerprint density at radius 2 is 1.48 bits per heavy atom. The van der Waals surface area contributed by atoms with Gasteiger partial charge in [-0.2, -0.15) is 0 Å². The smallest absolute Gasteiger partial charge is 0.118 e. The number of hydrogen-bond acceptors (Lipinski definition) is 2. The van der Waals surface area contributed by atoms with Gasteiger partial charge in [0, 0.05) is 16.7 Å². The van der Waals surface area contributed by atoms with Gasteiger partial charge in [0.25, 0.3) is 0 Å². The number of rotatable bonds is 12. The van der Waals surface area contributed by atoms with Gasteiger partial charge in [-0.05, 0) is 56.9 Å². The van der Waals surface area contributed by atoms with E-state index < -0.39 is 0 Å². The second kappa shape index (κ2) is 10.4. The van der Waals surface area contributed by atoms with Crippen LogP contribution in [0.5, 0.6) is 0 Å². The van der Waals surface area contributed by atoms with Crippen LogP contribution in [-0.4, -0.2) is 12.1 Å². The van der Waals surface area contributed by atoms with Crippen LogP contribution in [0.15, 0.2) is 48.9 Å². The van der Waals surface area contributed by atoms with E-state index in [0.29, 0.717) is 6.61 Å². The fraction of sp³-hybridized carbons (Fsp3) is 0.619. The standard InChI is InChI=1S/C21H37NO/c1-9-18(22-21(8,13-5)14-6)15-16-19(10-2)23-17-20(7,11-3)12-4/h9-10,15-16,22H,1-2,11-14,17H2,3-8H3/b18-15+,19-16+. The van der Waals surface area contributed by atoms with Gasteiger partial charge in [0.05, 0.1) is 6.61 Å². The van der Waals surface area contributed by atoms with Crippen LogP contribution in [0.4, 0.5) is 0 Å². The third-order valence-corrected chi connectivity index (χ3v) is 5.15. The van der Waals surface area contributed by atoms with Crippen molar-refractivity contribution in [2.75, 3.05) is 6.61 Å². The van der Waals surface area contributed by atoms with Crippen molar-refractivity contribution in [3.8, 4) is 0 Å². The molecular formula is C21H37NO. The van der Waals surface area contributed by atoms with Gasteiger partial charge in [0.1, 0.15) is 5.76 Å². The van der Waals surface area contributed by atoms with Gasteiger partial charge in [-0.25, -0.2) is 0 Å². The zero-order chi connectivity index (χ0) is 17.9. The van der Waals surface area contributed by atoms with E-state index in [9.17, 15) is 0 Å². The molecule has 0 rings (SSSR count). The Morgan fingerprint density at radius 3 is 1.87 bits per heavy atom. The van der Waals surface area contributed by atoms with Gasteiger partial charge in [-0.3, -0.25) is 0 Å². The molecule has 132 valence electrons. The Labute approximate surface area is 144 Å². The van der Waals surface area contributed by atoms with E-state index in [-0.39, 0.29) is 11.0 Å². The predicted octanol–water partition coefficient (Wildman–Crippen LogP) is 6.14. The van der Waals surface area contributed by atoms with Crippen LogP contribution >= 0.6 is 0 Å². The molecule has 0 heterocycles. The molecule has 0 aliphatic carbocycles. The molecule has 0 amide bonds. The van der Waals surface area contributed by atoms with Gasteiger partial charge in [-0.15, -0.1) is 0 Å². The zero-order valence-corrected chi connectivity index (χ0v) is 16.2. The van der Waals surface area contributed by atoms with Gasteiger partial charge in [0.2, 0.25) is 0 Å². The lowest BCUT2D eigenvalue weighted by atomic mass is 9.86. The van der Waals surface area contributed by atoms with E-state index in [1.54, 1.807) is 6.08 Å². The molecule has 0 aromatic rings. The van der Waals surface area contributed by atoms with Crippen molar-refractivity contribution in [3.05, 3.63) is 48.9 Å². The van der Waals surface area contributed by atoms with E-state index in [1.807, 2.05) is 18.2 Å². The molecule has 0 unspecified atom stereocenters. The van der Waals surface area contributed by atoms with Crippen LogP contribution < -0.4 is 5.32 Å². The fourth-order valence-corrected chi connectivity index (χ4v) is 1.99. The van der Waals surface area contributed by atoms with Crippen LogP contribution in [0, 0.1) is 5.41 Å². The fourth-order valence-electron chi connectivity index (χ4n) is 1.99. The molecule has 0 saturated carbocycles. The summed E-state index contributed by atoms with van der Waals surface area (Å²) in [6, 6.07) is 0. The number of allylic oxidation sites excluding steroid dienone is 4. The highest BCUT2D eigenvalue weighted by Crippen LogP contribution is 2.26. The lowest BCUT2D eigenvalue weighted by Crippen LogP contribution is -2.39. The van der Waals surface area contributed by atoms with Gasteiger partial charge in [-0.1, -0.05) is 47.8 Å². The van der Waals surface area contributed by atoms with Crippen LogP contribution in [0.3, 0.4) is 0 Å². The predicted molar refractivity (Wildman–Crippen MR) is 103 cm³/mol. The van der Waals surface area contributed by atoms with E-state index in [4.69, 9.17) is 4.74 Å². The number of nitrogens with one attached hydrogen (secondary N) is 1. The van der Waals surface area contributed by atoms with E-state index in [2.05, 4.69) is 60.0 Å². The Kier molecular flexibility index (Phi) is 9.71. The van der Waals surface area contributed by atoms with Crippen LogP contribution in [-0.2, 0) is 4.74 Å². The lowest BCUT2D eigenvalue weighted by molar-refractivity contribution is 0.102. The summed E-state index contributed by atoms with van der Waals surface area (Å²) >= 11 is 0. The molecule has 23 heavy (non-hydrogen) atoms. The molecule has 0 aliphatic rings. The summed E-state index contributed by atoms with van der Waals surface area (Å²) in [5.41, 5.74) is 1.31. The Bertz CT molecular complexity index is 423. The summed E-state index contributed by atoms with van der Waals surface area (Å²) < 4.78 is 5.95. The van der Waals surface area contributed by atoms with Crippen molar-refractivity contribution >= 4 is 0 Å². The van der Waals surface area contributed by atoms with E-state index in [1.165, 1.54) is 0 Å². The first-order valence-corrected chi connectivity index (χ1v) is 8.89.